The number of nitrogens with zero attached hydrogens (tertiary/aromatic N) is 2. The summed E-state index contributed by atoms with van der Waals surface area (Å²) in [7, 11) is 0. The minimum atomic E-state index is 0.872. The van der Waals surface area contributed by atoms with Crippen LogP contribution in [0.3, 0.4) is 0 Å². The van der Waals surface area contributed by atoms with E-state index in [0.29, 0.717) is 0 Å². The summed E-state index contributed by atoms with van der Waals surface area (Å²) in [6.45, 7) is 8.19. The fraction of sp³-hybridized carbons (Fsp3) is 0.467. The molecule has 3 rings (SSSR count). The standard InChI is InChI=1S/C15H19BrN2O/c1-12-10-13-2-3-14(16)11-15(13)18(12)5-4-17-6-8-19-9-7-17/h2-3,10-11H,4-9H2,1H3. The van der Waals surface area contributed by atoms with Crippen LogP contribution in [0, 0.1) is 6.92 Å². The van der Waals surface area contributed by atoms with Gasteiger partial charge in [0, 0.05) is 41.9 Å². The number of aromatic nitrogens is 1. The zero-order valence-corrected chi connectivity index (χ0v) is 12.8. The molecule has 0 N–H and O–H groups in total. The van der Waals surface area contributed by atoms with E-state index in [1.165, 1.54) is 16.6 Å². The largest absolute Gasteiger partial charge is 0.379 e. The van der Waals surface area contributed by atoms with Gasteiger partial charge >= 0.3 is 0 Å². The fourth-order valence-electron chi connectivity index (χ4n) is 2.73. The molecule has 3 nitrogen and oxygen atoms in total. The van der Waals surface area contributed by atoms with E-state index < -0.39 is 0 Å². The lowest BCUT2D eigenvalue weighted by molar-refractivity contribution is 0.0365. The molecule has 0 amide bonds. The van der Waals surface area contributed by atoms with Crippen molar-refractivity contribution in [3.63, 3.8) is 0 Å². The molecule has 0 bridgehead atoms. The highest BCUT2D eigenvalue weighted by Crippen LogP contribution is 2.23. The predicted octanol–water partition coefficient (Wildman–Crippen LogP) is 3.04. The van der Waals surface area contributed by atoms with Gasteiger partial charge in [-0.3, -0.25) is 4.90 Å². The molecule has 1 aromatic heterocycles. The second kappa shape index (κ2) is 5.65. The molecule has 1 aliphatic rings. The van der Waals surface area contributed by atoms with Crippen LogP contribution in [0.4, 0.5) is 0 Å². The van der Waals surface area contributed by atoms with Crippen LogP contribution in [-0.4, -0.2) is 42.3 Å². The lowest BCUT2D eigenvalue weighted by atomic mass is 10.2. The van der Waals surface area contributed by atoms with Gasteiger partial charge in [-0.15, -0.1) is 0 Å². The number of fused-ring (bicyclic) bond motifs is 1. The van der Waals surface area contributed by atoms with E-state index in [1.807, 2.05) is 0 Å². The number of ether oxygens (including phenoxy) is 1. The second-order valence-corrected chi connectivity index (χ2v) is 6.01. The molecule has 1 saturated heterocycles. The topological polar surface area (TPSA) is 17.4 Å². The molecule has 0 aliphatic carbocycles. The molecule has 1 fully saturated rings. The number of hydrogen-bond donors (Lipinski definition) is 0. The molecule has 0 atom stereocenters. The van der Waals surface area contributed by atoms with Gasteiger partial charge in [-0.1, -0.05) is 22.0 Å². The van der Waals surface area contributed by atoms with Crippen LogP contribution in [-0.2, 0) is 11.3 Å². The smallest absolute Gasteiger partial charge is 0.0594 e. The van der Waals surface area contributed by atoms with Crippen LogP contribution < -0.4 is 0 Å². The Labute approximate surface area is 122 Å². The van der Waals surface area contributed by atoms with Crippen LogP contribution in [0.2, 0.25) is 0 Å². The highest BCUT2D eigenvalue weighted by molar-refractivity contribution is 9.10. The van der Waals surface area contributed by atoms with Crippen LogP contribution in [0.5, 0.6) is 0 Å². The summed E-state index contributed by atoms with van der Waals surface area (Å²) in [5.74, 6) is 0. The van der Waals surface area contributed by atoms with E-state index in [1.54, 1.807) is 0 Å². The summed E-state index contributed by atoms with van der Waals surface area (Å²) in [6, 6.07) is 8.76. The summed E-state index contributed by atoms with van der Waals surface area (Å²) in [4.78, 5) is 2.48. The van der Waals surface area contributed by atoms with Crippen LogP contribution in [0.1, 0.15) is 5.69 Å². The first-order valence-corrected chi connectivity index (χ1v) is 7.59. The Bertz CT molecular complexity index is 573. The number of aryl methyl sites for hydroxylation is 1. The Hall–Kier alpha value is -0.840. The van der Waals surface area contributed by atoms with Gasteiger partial charge in [0.1, 0.15) is 0 Å². The first-order chi connectivity index (χ1) is 9.24. The van der Waals surface area contributed by atoms with Crippen molar-refractivity contribution in [3.05, 3.63) is 34.4 Å². The number of hydrogen-bond acceptors (Lipinski definition) is 2. The summed E-state index contributed by atoms with van der Waals surface area (Å²) < 4.78 is 8.95. The Kier molecular flexibility index (Phi) is 3.91. The van der Waals surface area contributed by atoms with Gasteiger partial charge in [-0.05, 0) is 30.5 Å². The molecule has 0 unspecified atom stereocenters. The Morgan fingerprint density at radius 1 is 1.16 bits per heavy atom. The molecule has 0 spiro atoms. The Morgan fingerprint density at radius 2 is 1.95 bits per heavy atom. The van der Waals surface area contributed by atoms with Crippen molar-refractivity contribution in [1.82, 2.24) is 9.47 Å². The molecule has 0 radical (unpaired) electrons. The number of morpholine rings is 1. The first kappa shape index (κ1) is 13.2. The summed E-state index contributed by atoms with van der Waals surface area (Å²) in [5, 5.41) is 1.32. The molecule has 2 heterocycles. The van der Waals surface area contributed by atoms with Gasteiger partial charge in [0.25, 0.3) is 0 Å². The maximum atomic E-state index is 5.39. The lowest BCUT2D eigenvalue weighted by Crippen LogP contribution is -2.38. The number of rotatable bonds is 3. The molecule has 2 aromatic rings. The van der Waals surface area contributed by atoms with E-state index in [2.05, 4.69) is 56.6 Å². The minimum Gasteiger partial charge on any atom is -0.379 e. The average molecular weight is 323 g/mol. The van der Waals surface area contributed by atoms with Crippen molar-refractivity contribution in [2.45, 2.75) is 13.5 Å². The second-order valence-electron chi connectivity index (χ2n) is 5.09. The Balaban J connectivity index is 1.79. The van der Waals surface area contributed by atoms with E-state index in [4.69, 9.17) is 4.74 Å². The fourth-order valence-corrected chi connectivity index (χ4v) is 3.08. The third kappa shape index (κ3) is 2.86. The molecular weight excluding hydrogens is 304 g/mol. The van der Waals surface area contributed by atoms with Gasteiger partial charge < -0.3 is 9.30 Å². The van der Waals surface area contributed by atoms with Gasteiger partial charge in [0.15, 0.2) is 0 Å². The van der Waals surface area contributed by atoms with E-state index in [9.17, 15) is 0 Å². The zero-order chi connectivity index (χ0) is 13.2. The zero-order valence-electron chi connectivity index (χ0n) is 11.2. The Morgan fingerprint density at radius 3 is 2.74 bits per heavy atom. The molecular formula is C15H19BrN2O. The van der Waals surface area contributed by atoms with Gasteiger partial charge in [0.05, 0.1) is 13.2 Å². The number of benzene rings is 1. The maximum absolute atomic E-state index is 5.39. The summed E-state index contributed by atoms with van der Waals surface area (Å²) in [6.07, 6.45) is 0. The maximum Gasteiger partial charge on any atom is 0.0594 e. The molecule has 4 heteroatoms. The predicted molar refractivity (Wildman–Crippen MR) is 81.6 cm³/mol. The molecule has 19 heavy (non-hydrogen) atoms. The highest BCUT2D eigenvalue weighted by atomic mass is 79.9. The lowest BCUT2D eigenvalue weighted by Gasteiger charge is -2.27. The van der Waals surface area contributed by atoms with Gasteiger partial charge in [-0.2, -0.15) is 0 Å². The van der Waals surface area contributed by atoms with Crippen molar-refractivity contribution >= 4 is 26.8 Å². The van der Waals surface area contributed by atoms with Crippen LogP contribution in [0.25, 0.3) is 10.9 Å². The van der Waals surface area contributed by atoms with E-state index >= 15 is 0 Å². The average Bonchev–Trinajstić information content (AvgIpc) is 2.73. The third-order valence-electron chi connectivity index (χ3n) is 3.82. The monoisotopic (exact) mass is 322 g/mol. The normalized spacial score (nSPS) is 17.2. The van der Waals surface area contributed by atoms with Crippen molar-refractivity contribution in [1.29, 1.82) is 0 Å². The van der Waals surface area contributed by atoms with Crippen molar-refractivity contribution in [2.24, 2.45) is 0 Å². The van der Waals surface area contributed by atoms with E-state index in [0.717, 1.165) is 43.9 Å². The van der Waals surface area contributed by atoms with Crippen molar-refractivity contribution in [3.8, 4) is 0 Å². The van der Waals surface area contributed by atoms with Gasteiger partial charge in [0.2, 0.25) is 0 Å². The van der Waals surface area contributed by atoms with Crippen molar-refractivity contribution < 1.29 is 4.74 Å². The van der Waals surface area contributed by atoms with Crippen LogP contribution in [0.15, 0.2) is 28.7 Å². The molecule has 102 valence electrons. The van der Waals surface area contributed by atoms with Gasteiger partial charge in [-0.25, -0.2) is 0 Å². The SMILES string of the molecule is Cc1cc2ccc(Br)cc2n1CCN1CCOCC1. The highest BCUT2D eigenvalue weighted by Gasteiger charge is 2.11. The molecule has 1 aromatic carbocycles. The third-order valence-corrected chi connectivity index (χ3v) is 4.31. The molecule has 0 saturated carbocycles. The quantitative estimate of drug-likeness (QED) is 0.864. The minimum absolute atomic E-state index is 0.872. The number of halogens is 1. The first-order valence-electron chi connectivity index (χ1n) is 6.79. The van der Waals surface area contributed by atoms with Crippen molar-refractivity contribution in [2.75, 3.05) is 32.8 Å². The van der Waals surface area contributed by atoms with Crippen LogP contribution >= 0.6 is 15.9 Å². The molecule has 1 aliphatic heterocycles. The summed E-state index contributed by atoms with van der Waals surface area (Å²) >= 11 is 3.56. The summed E-state index contributed by atoms with van der Waals surface area (Å²) in [5.41, 5.74) is 2.65. The van der Waals surface area contributed by atoms with E-state index in [-0.39, 0.29) is 0 Å².